The van der Waals surface area contributed by atoms with Gasteiger partial charge >= 0.3 is 0 Å². The van der Waals surface area contributed by atoms with E-state index in [2.05, 4.69) is 6.07 Å². The highest BCUT2D eigenvalue weighted by Gasteiger charge is 2.38. The van der Waals surface area contributed by atoms with Crippen LogP contribution in [0.2, 0.25) is 0 Å². The third-order valence-electron chi connectivity index (χ3n) is 4.92. The number of nitrogens with zero attached hydrogens (tertiary/aromatic N) is 2. The van der Waals surface area contributed by atoms with Crippen molar-refractivity contribution in [1.82, 2.24) is 0 Å². The lowest BCUT2D eigenvalue weighted by Gasteiger charge is -2.31. The van der Waals surface area contributed by atoms with Crippen molar-refractivity contribution in [2.24, 2.45) is 5.92 Å². The van der Waals surface area contributed by atoms with Gasteiger partial charge in [-0.2, -0.15) is 0 Å². The van der Waals surface area contributed by atoms with E-state index in [1.807, 2.05) is 53.4 Å². The molecule has 0 radical (unpaired) electrons. The van der Waals surface area contributed by atoms with Gasteiger partial charge in [0.25, 0.3) is 0 Å². The predicted octanol–water partition coefficient (Wildman–Crippen LogP) is 3.02. The summed E-state index contributed by atoms with van der Waals surface area (Å²) in [7, 11) is 0. The van der Waals surface area contributed by atoms with Gasteiger partial charge < -0.3 is 9.80 Å². The Morgan fingerprint density at radius 2 is 1.75 bits per heavy atom. The quantitative estimate of drug-likeness (QED) is 0.853. The summed E-state index contributed by atoms with van der Waals surface area (Å²) in [6.45, 7) is 1.21. The molecule has 24 heavy (non-hydrogen) atoms. The number of aryl methyl sites for hydroxylation is 1. The number of para-hydroxylation sites is 2. The van der Waals surface area contributed by atoms with Crippen molar-refractivity contribution in [3.05, 3.63) is 60.2 Å². The van der Waals surface area contributed by atoms with Crippen LogP contribution in [0.1, 0.15) is 18.4 Å². The minimum absolute atomic E-state index is 0.0323. The number of fused-ring (bicyclic) bond motifs is 1. The molecular weight excluding hydrogens is 300 g/mol. The molecule has 2 amide bonds. The second-order valence-electron chi connectivity index (χ2n) is 6.46. The van der Waals surface area contributed by atoms with Gasteiger partial charge in [-0.25, -0.2) is 0 Å². The average Bonchev–Trinajstić information content (AvgIpc) is 3.03. The number of hydrogen-bond donors (Lipinski definition) is 0. The minimum Gasteiger partial charge on any atom is -0.312 e. The van der Waals surface area contributed by atoms with E-state index >= 15 is 0 Å². The molecule has 122 valence electrons. The summed E-state index contributed by atoms with van der Waals surface area (Å²) in [4.78, 5) is 29.0. The van der Waals surface area contributed by atoms with Gasteiger partial charge in [0.2, 0.25) is 11.8 Å². The standard InChI is InChI=1S/C20H20N2O2/c23-19-13-16(14-22(19)17-9-2-1-3-10-17)20(24)21-12-6-8-15-7-4-5-11-18(15)21/h1-5,7,9-11,16H,6,8,12-14H2/t16-/m0/s1. The molecule has 0 spiro atoms. The Labute approximate surface area is 141 Å². The van der Waals surface area contributed by atoms with Crippen LogP contribution < -0.4 is 9.80 Å². The highest BCUT2D eigenvalue weighted by atomic mass is 16.2. The number of carbonyl (C=O) groups excluding carboxylic acids is 2. The molecule has 1 saturated heterocycles. The molecule has 0 aliphatic carbocycles. The zero-order chi connectivity index (χ0) is 16.5. The predicted molar refractivity (Wildman–Crippen MR) is 94.0 cm³/mol. The number of rotatable bonds is 2. The first-order chi connectivity index (χ1) is 11.7. The third kappa shape index (κ3) is 2.58. The molecule has 2 aromatic rings. The molecule has 4 rings (SSSR count). The van der Waals surface area contributed by atoms with Gasteiger partial charge in [-0.1, -0.05) is 36.4 Å². The first kappa shape index (κ1) is 14.9. The van der Waals surface area contributed by atoms with Gasteiger partial charge in [-0.05, 0) is 36.6 Å². The molecule has 4 heteroatoms. The maximum atomic E-state index is 13.0. The van der Waals surface area contributed by atoms with Crippen molar-refractivity contribution in [3.8, 4) is 0 Å². The van der Waals surface area contributed by atoms with Crippen molar-refractivity contribution in [1.29, 1.82) is 0 Å². The molecular formula is C20H20N2O2. The van der Waals surface area contributed by atoms with Crippen molar-refractivity contribution in [3.63, 3.8) is 0 Å². The van der Waals surface area contributed by atoms with Gasteiger partial charge in [-0.3, -0.25) is 9.59 Å². The minimum atomic E-state index is -0.260. The summed E-state index contributed by atoms with van der Waals surface area (Å²) in [5, 5.41) is 0. The Kier molecular flexibility index (Phi) is 3.81. The molecule has 0 N–H and O–H groups in total. The Bertz CT molecular complexity index is 772. The summed E-state index contributed by atoms with van der Waals surface area (Å²) < 4.78 is 0. The highest BCUT2D eigenvalue weighted by molar-refractivity contribution is 6.04. The number of amides is 2. The van der Waals surface area contributed by atoms with E-state index in [0.29, 0.717) is 13.0 Å². The summed E-state index contributed by atoms with van der Waals surface area (Å²) in [6.07, 6.45) is 2.29. The molecule has 0 unspecified atom stereocenters. The number of carbonyl (C=O) groups is 2. The maximum absolute atomic E-state index is 13.0. The zero-order valence-corrected chi connectivity index (χ0v) is 13.5. The van der Waals surface area contributed by atoms with Crippen molar-refractivity contribution < 1.29 is 9.59 Å². The summed E-state index contributed by atoms with van der Waals surface area (Å²) in [6, 6.07) is 17.7. The second kappa shape index (κ2) is 6.11. The van der Waals surface area contributed by atoms with Gasteiger partial charge in [0.1, 0.15) is 0 Å². The van der Waals surface area contributed by atoms with Gasteiger partial charge in [0.15, 0.2) is 0 Å². The van der Waals surface area contributed by atoms with E-state index in [0.717, 1.165) is 30.8 Å². The highest BCUT2D eigenvalue weighted by Crippen LogP contribution is 2.31. The zero-order valence-electron chi connectivity index (χ0n) is 13.5. The number of hydrogen-bond acceptors (Lipinski definition) is 2. The van der Waals surface area contributed by atoms with Gasteiger partial charge in [0.05, 0.1) is 5.92 Å². The Morgan fingerprint density at radius 3 is 2.58 bits per heavy atom. The fourth-order valence-electron chi connectivity index (χ4n) is 3.71. The lowest BCUT2D eigenvalue weighted by atomic mass is 9.99. The molecule has 2 heterocycles. The van der Waals surface area contributed by atoms with Crippen LogP contribution in [0.15, 0.2) is 54.6 Å². The van der Waals surface area contributed by atoms with Crippen LogP contribution in [0.3, 0.4) is 0 Å². The molecule has 2 aliphatic heterocycles. The first-order valence-electron chi connectivity index (χ1n) is 8.49. The summed E-state index contributed by atoms with van der Waals surface area (Å²) >= 11 is 0. The van der Waals surface area contributed by atoms with Crippen LogP contribution in [0.5, 0.6) is 0 Å². The van der Waals surface area contributed by atoms with Crippen LogP contribution in [0.25, 0.3) is 0 Å². The monoisotopic (exact) mass is 320 g/mol. The van der Waals surface area contributed by atoms with Crippen molar-refractivity contribution >= 4 is 23.2 Å². The van der Waals surface area contributed by atoms with E-state index < -0.39 is 0 Å². The molecule has 0 bridgehead atoms. The van der Waals surface area contributed by atoms with Crippen LogP contribution in [-0.4, -0.2) is 24.9 Å². The molecule has 2 aliphatic rings. The topological polar surface area (TPSA) is 40.6 Å². The molecule has 1 atom stereocenters. The van der Waals surface area contributed by atoms with Crippen molar-refractivity contribution in [2.75, 3.05) is 22.9 Å². The first-order valence-corrected chi connectivity index (χ1v) is 8.49. The fraction of sp³-hybridized carbons (Fsp3) is 0.300. The van der Waals surface area contributed by atoms with E-state index in [1.165, 1.54) is 5.56 Å². The smallest absolute Gasteiger partial charge is 0.232 e. The molecule has 1 fully saturated rings. The second-order valence-corrected chi connectivity index (χ2v) is 6.46. The molecule has 0 aromatic heterocycles. The van der Waals surface area contributed by atoms with E-state index in [9.17, 15) is 9.59 Å². The van der Waals surface area contributed by atoms with Crippen LogP contribution in [-0.2, 0) is 16.0 Å². The molecule has 0 saturated carbocycles. The van der Waals surface area contributed by atoms with E-state index in [4.69, 9.17) is 0 Å². The number of benzene rings is 2. The SMILES string of the molecule is O=C1C[C@H](C(=O)N2CCCc3ccccc32)CN1c1ccccc1. The summed E-state index contributed by atoms with van der Waals surface area (Å²) in [5.41, 5.74) is 3.11. The Hall–Kier alpha value is -2.62. The van der Waals surface area contributed by atoms with Crippen LogP contribution in [0.4, 0.5) is 11.4 Å². The molecule has 2 aromatic carbocycles. The van der Waals surface area contributed by atoms with E-state index in [1.54, 1.807) is 4.90 Å². The van der Waals surface area contributed by atoms with Crippen molar-refractivity contribution in [2.45, 2.75) is 19.3 Å². The summed E-state index contributed by atoms with van der Waals surface area (Å²) in [5.74, 6) is -0.150. The van der Waals surface area contributed by atoms with Crippen LogP contribution in [0, 0.1) is 5.92 Å². The third-order valence-corrected chi connectivity index (χ3v) is 4.92. The van der Waals surface area contributed by atoms with E-state index in [-0.39, 0.29) is 17.7 Å². The number of anilines is 2. The maximum Gasteiger partial charge on any atom is 0.232 e. The van der Waals surface area contributed by atoms with Gasteiger partial charge in [-0.15, -0.1) is 0 Å². The Balaban J connectivity index is 1.55. The largest absolute Gasteiger partial charge is 0.312 e. The van der Waals surface area contributed by atoms with Gasteiger partial charge in [0, 0.05) is 30.9 Å². The molecule has 4 nitrogen and oxygen atoms in total. The Morgan fingerprint density at radius 1 is 1.00 bits per heavy atom. The average molecular weight is 320 g/mol. The van der Waals surface area contributed by atoms with Crippen LogP contribution >= 0.6 is 0 Å². The normalized spacial score (nSPS) is 20.2. The lowest BCUT2D eigenvalue weighted by molar-refractivity contribution is -0.124. The lowest BCUT2D eigenvalue weighted by Crippen LogP contribution is -2.40. The fourth-order valence-corrected chi connectivity index (χ4v) is 3.71.